The fraction of sp³-hybridized carbons (Fsp3) is 0.300. The molecule has 0 bridgehead atoms. The summed E-state index contributed by atoms with van der Waals surface area (Å²) in [5.41, 5.74) is -8.10. The molecule has 0 radical (unpaired) electrons. The van der Waals surface area contributed by atoms with Gasteiger partial charge in [-0.25, -0.2) is 0 Å². The molecule has 0 aliphatic heterocycles. The Labute approximate surface area is 125 Å². The first kappa shape index (κ1) is 18.6. The summed E-state index contributed by atoms with van der Waals surface area (Å²) < 4.78 is 80.1. The molecule has 0 aliphatic carbocycles. The fourth-order valence-electron chi connectivity index (χ4n) is 1.36. The average Bonchev–Trinajstić information content (AvgIpc) is 2.39. The summed E-state index contributed by atoms with van der Waals surface area (Å²) >= 11 is 0. The Bertz CT molecular complexity index is 744. The van der Waals surface area contributed by atoms with Gasteiger partial charge in [-0.05, 0) is 6.07 Å². The minimum atomic E-state index is -6.23. The fourth-order valence-corrected chi connectivity index (χ4v) is 1.82. The van der Waals surface area contributed by atoms with Crippen molar-refractivity contribution in [2.24, 2.45) is 0 Å². The highest BCUT2D eigenvalue weighted by Crippen LogP contribution is 2.36. The summed E-state index contributed by atoms with van der Waals surface area (Å²) in [6.07, 6.45) is -0.754. The maximum atomic E-state index is 13.9. The van der Waals surface area contributed by atoms with Gasteiger partial charge in [0.1, 0.15) is 0 Å². The molecule has 0 N–H and O–H groups in total. The van der Waals surface area contributed by atoms with E-state index in [0.29, 0.717) is 12.1 Å². The molecular weight excluding hydrogens is 354 g/mol. The van der Waals surface area contributed by atoms with Crippen LogP contribution in [0, 0.1) is 15.9 Å². The summed E-state index contributed by atoms with van der Waals surface area (Å²) in [7, 11) is -5.27. The van der Waals surface area contributed by atoms with E-state index in [9.17, 15) is 40.9 Å². The molecule has 0 spiro atoms. The number of hydrogen-bond donors (Lipinski definition) is 0. The van der Waals surface area contributed by atoms with Crippen molar-refractivity contribution in [2.45, 2.75) is 11.9 Å². The van der Waals surface area contributed by atoms with Crippen molar-refractivity contribution in [1.82, 2.24) is 0 Å². The molecule has 0 aliphatic rings. The van der Waals surface area contributed by atoms with Crippen molar-refractivity contribution in [3.05, 3.63) is 33.6 Å². The molecule has 8 nitrogen and oxygen atoms in total. The third-order valence-corrected chi connectivity index (χ3v) is 3.35. The summed E-state index contributed by atoms with van der Waals surface area (Å²) in [6, 6.07) is 1.10. The number of esters is 1. The lowest BCUT2D eigenvalue weighted by Crippen LogP contribution is -2.28. The van der Waals surface area contributed by atoms with Crippen LogP contribution in [0.2, 0.25) is 0 Å². The SMILES string of the molecule is COC(=O)Cc1ccc(OS(=O)(=O)C(F)(F)F)c([N+](=O)[O-])c1F. The topological polar surface area (TPSA) is 113 Å². The summed E-state index contributed by atoms with van der Waals surface area (Å²) in [5, 5.41) is 10.8. The van der Waals surface area contributed by atoms with Gasteiger partial charge in [-0.2, -0.15) is 26.0 Å². The van der Waals surface area contributed by atoms with Gasteiger partial charge in [0.25, 0.3) is 0 Å². The smallest absolute Gasteiger partial charge is 0.469 e. The normalized spacial score (nSPS) is 11.9. The van der Waals surface area contributed by atoms with Crippen molar-refractivity contribution in [2.75, 3.05) is 7.11 Å². The van der Waals surface area contributed by atoms with Crippen LogP contribution in [0.15, 0.2) is 12.1 Å². The Kier molecular flexibility index (Phi) is 5.14. The molecule has 0 saturated heterocycles. The second-order valence-electron chi connectivity index (χ2n) is 3.88. The van der Waals surface area contributed by atoms with Crippen LogP contribution in [-0.4, -0.2) is 31.9 Å². The highest BCUT2D eigenvalue weighted by Gasteiger charge is 2.49. The number of nitro benzene ring substituents is 1. The number of alkyl halides is 3. The summed E-state index contributed by atoms with van der Waals surface area (Å²) in [6.45, 7) is 0. The Balaban J connectivity index is 3.39. The highest BCUT2D eigenvalue weighted by atomic mass is 32.2. The van der Waals surface area contributed by atoms with Crippen molar-refractivity contribution in [1.29, 1.82) is 0 Å². The number of nitrogens with zero attached hydrogens (tertiary/aromatic N) is 1. The highest BCUT2D eigenvalue weighted by molar-refractivity contribution is 7.88. The van der Waals surface area contributed by atoms with Crippen LogP contribution < -0.4 is 4.18 Å². The number of hydrogen-bond acceptors (Lipinski definition) is 7. The zero-order chi connectivity index (χ0) is 18.0. The predicted molar refractivity (Wildman–Crippen MR) is 64.4 cm³/mol. The van der Waals surface area contributed by atoms with E-state index in [-0.39, 0.29) is 0 Å². The molecule has 13 heteroatoms. The number of carbonyl (C=O) groups is 1. The zero-order valence-electron chi connectivity index (χ0n) is 11.1. The van der Waals surface area contributed by atoms with E-state index in [0.717, 1.165) is 7.11 Å². The van der Waals surface area contributed by atoms with E-state index >= 15 is 0 Å². The Hall–Kier alpha value is -2.44. The lowest BCUT2D eigenvalue weighted by molar-refractivity contribution is -0.388. The number of ether oxygens (including phenoxy) is 1. The second kappa shape index (κ2) is 6.36. The van der Waals surface area contributed by atoms with Gasteiger partial charge in [-0.15, -0.1) is 0 Å². The Morgan fingerprint density at radius 3 is 2.35 bits per heavy atom. The summed E-state index contributed by atoms with van der Waals surface area (Å²) in [5.74, 6) is -4.16. The van der Waals surface area contributed by atoms with Gasteiger partial charge in [0.05, 0.1) is 18.5 Å². The number of methoxy groups -OCH3 is 1. The van der Waals surface area contributed by atoms with Crippen LogP contribution in [0.3, 0.4) is 0 Å². The van der Waals surface area contributed by atoms with Crippen LogP contribution in [0.25, 0.3) is 0 Å². The molecule has 0 aromatic heterocycles. The van der Waals surface area contributed by atoms with Crippen LogP contribution in [0.1, 0.15) is 5.56 Å². The Morgan fingerprint density at radius 1 is 1.35 bits per heavy atom. The Morgan fingerprint density at radius 2 is 1.91 bits per heavy atom. The second-order valence-corrected chi connectivity index (χ2v) is 5.42. The first-order chi connectivity index (χ1) is 10.4. The molecule has 128 valence electrons. The monoisotopic (exact) mass is 361 g/mol. The molecule has 1 aromatic rings. The van der Waals surface area contributed by atoms with Gasteiger partial charge in [0.2, 0.25) is 11.6 Å². The van der Waals surface area contributed by atoms with Crippen molar-refractivity contribution in [3.63, 3.8) is 0 Å². The average molecular weight is 361 g/mol. The van der Waals surface area contributed by atoms with Gasteiger partial charge in [-0.3, -0.25) is 14.9 Å². The van der Waals surface area contributed by atoms with Crippen LogP contribution in [0.4, 0.5) is 23.2 Å². The third-order valence-electron chi connectivity index (χ3n) is 2.39. The molecule has 0 atom stereocenters. The van der Waals surface area contributed by atoms with E-state index in [2.05, 4.69) is 8.92 Å². The van der Waals surface area contributed by atoms with Crippen molar-refractivity contribution < 1.29 is 44.6 Å². The first-order valence-corrected chi connectivity index (χ1v) is 6.85. The quantitative estimate of drug-likeness (QED) is 0.196. The molecule has 1 rings (SSSR count). The lowest BCUT2D eigenvalue weighted by atomic mass is 10.1. The first-order valence-electron chi connectivity index (χ1n) is 5.44. The minimum Gasteiger partial charge on any atom is -0.469 e. The van der Waals surface area contributed by atoms with Crippen LogP contribution in [0.5, 0.6) is 5.75 Å². The third kappa shape index (κ3) is 4.06. The molecule has 0 saturated carbocycles. The molecule has 0 amide bonds. The van der Waals surface area contributed by atoms with Gasteiger partial charge < -0.3 is 8.92 Å². The number of halogens is 4. The number of carbonyl (C=O) groups excluding carboxylic acids is 1. The molecule has 1 aromatic carbocycles. The van der Waals surface area contributed by atoms with Gasteiger partial charge in [0, 0.05) is 5.56 Å². The van der Waals surface area contributed by atoms with E-state index in [4.69, 9.17) is 0 Å². The van der Waals surface area contributed by atoms with E-state index in [1.54, 1.807) is 0 Å². The standard InChI is InChI=1S/C10H7F4NO7S/c1-21-7(16)4-5-2-3-6(9(8(5)11)15(17)18)22-23(19,20)10(12,13)14/h2-3H,4H2,1H3. The summed E-state index contributed by atoms with van der Waals surface area (Å²) in [4.78, 5) is 20.3. The number of nitro groups is 1. The number of benzene rings is 1. The van der Waals surface area contributed by atoms with Gasteiger partial charge in [0.15, 0.2) is 0 Å². The molecule has 0 unspecified atom stereocenters. The van der Waals surface area contributed by atoms with Crippen LogP contribution >= 0.6 is 0 Å². The maximum absolute atomic E-state index is 13.9. The van der Waals surface area contributed by atoms with Crippen LogP contribution in [-0.2, 0) is 26.1 Å². The molecule has 23 heavy (non-hydrogen) atoms. The zero-order valence-corrected chi connectivity index (χ0v) is 11.9. The lowest BCUT2D eigenvalue weighted by Gasteiger charge is -2.11. The van der Waals surface area contributed by atoms with Gasteiger partial charge in [-0.1, -0.05) is 6.07 Å². The van der Waals surface area contributed by atoms with Crippen molar-refractivity contribution >= 4 is 21.8 Å². The molecular formula is C10H7F4NO7S. The van der Waals surface area contributed by atoms with E-state index in [1.165, 1.54) is 0 Å². The van der Waals surface area contributed by atoms with Gasteiger partial charge >= 0.3 is 27.3 Å². The molecule has 0 heterocycles. The number of rotatable bonds is 5. The largest absolute Gasteiger partial charge is 0.534 e. The minimum absolute atomic E-state index is 0.433. The maximum Gasteiger partial charge on any atom is 0.534 e. The van der Waals surface area contributed by atoms with Crippen molar-refractivity contribution in [3.8, 4) is 5.75 Å². The predicted octanol–water partition coefficient (Wildman–Crippen LogP) is 1.68. The van der Waals surface area contributed by atoms with E-state index < -0.39 is 55.8 Å². The molecule has 0 fully saturated rings. The van der Waals surface area contributed by atoms with E-state index in [1.807, 2.05) is 0 Å².